The van der Waals surface area contributed by atoms with Crippen molar-refractivity contribution in [2.24, 2.45) is 0 Å². The van der Waals surface area contributed by atoms with Gasteiger partial charge in [-0.1, -0.05) is 57.2 Å². The lowest BCUT2D eigenvalue weighted by atomic mass is 10.1. The van der Waals surface area contributed by atoms with Gasteiger partial charge in [0.05, 0.1) is 22.8 Å². The predicted molar refractivity (Wildman–Crippen MR) is 99.7 cm³/mol. The molecule has 4 heteroatoms. The van der Waals surface area contributed by atoms with Crippen molar-refractivity contribution in [3.63, 3.8) is 0 Å². The van der Waals surface area contributed by atoms with Crippen molar-refractivity contribution in [2.45, 2.75) is 65.7 Å². The van der Waals surface area contributed by atoms with Gasteiger partial charge in [0.2, 0.25) is 5.91 Å². The number of carbonyl (C=O) groups is 1. The summed E-state index contributed by atoms with van der Waals surface area (Å²) in [4.78, 5) is 12.2. The maximum absolute atomic E-state index is 12.2. The molecule has 2 rings (SSSR count). The van der Waals surface area contributed by atoms with Gasteiger partial charge in [0.15, 0.2) is 0 Å². The molecular formula is C20H29N3O. The molecule has 0 unspecified atom stereocenters. The highest BCUT2D eigenvalue weighted by Gasteiger charge is 2.14. The SMILES string of the molecule is CCCCCCCCC(=O)Nc1c(C)nn(-c2ccccc2)c1C. The van der Waals surface area contributed by atoms with Crippen molar-refractivity contribution in [2.75, 3.05) is 5.32 Å². The molecule has 0 spiro atoms. The lowest BCUT2D eigenvalue weighted by Gasteiger charge is -2.07. The molecule has 0 aliphatic heterocycles. The van der Waals surface area contributed by atoms with E-state index in [0.29, 0.717) is 6.42 Å². The number of hydrogen-bond acceptors (Lipinski definition) is 2. The van der Waals surface area contributed by atoms with Crippen molar-refractivity contribution < 1.29 is 4.79 Å². The monoisotopic (exact) mass is 327 g/mol. The molecule has 1 heterocycles. The van der Waals surface area contributed by atoms with E-state index in [-0.39, 0.29) is 5.91 Å². The Balaban J connectivity index is 1.91. The van der Waals surface area contributed by atoms with E-state index in [9.17, 15) is 4.79 Å². The van der Waals surface area contributed by atoms with Crippen LogP contribution in [0, 0.1) is 13.8 Å². The number of unbranched alkanes of at least 4 members (excludes halogenated alkanes) is 5. The molecule has 0 fully saturated rings. The highest BCUT2D eigenvalue weighted by atomic mass is 16.1. The van der Waals surface area contributed by atoms with Gasteiger partial charge in [-0.3, -0.25) is 4.79 Å². The fourth-order valence-corrected chi connectivity index (χ4v) is 2.91. The Morgan fingerprint density at radius 2 is 1.71 bits per heavy atom. The van der Waals surface area contributed by atoms with Crippen LogP contribution in [-0.4, -0.2) is 15.7 Å². The fourth-order valence-electron chi connectivity index (χ4n) is 2.91. The van der Waals surface area contributed by atoms with Crippen molar-refractivity contribution in [3.05, 3.63) is 41.7 Å². The number of nitrogens with one attached hydrogen (secondary N) is 1. The molecule has 0 aliphatic carbocycles. The molecule has 130 valence electrons. The summed E-state index contributed by atoms with van der Waals surface area (Å²) in [5.74, 6) is 0.0873. The quantitative estimate of drug-likeness (QED) is 0.645. The molecule has 0 saturated heterocycles. The van der Waals surface area contributed by atoms with Crippen LogP contribution in [-0.2, 0) is 4.79 Å². The minimum absolute atomic E-state index is 0.0873. The predicted octanol–water partition coefficient (Wildman–Crippen LogP) is 5.18. The lowest BCUT2D eigenvalue weighted by molar-refractivity contribution is -0.116. The molecule has 0 atom stereocenters. The molecule has 1 N–H and O–H groups in total. The van der Waals surface area contributed by atoms with Crippen LogP contribution in [0.15, 0.2) is 30.3 Å². The van der Waals surface area contributed by atoms with E-state index in [1.807, 2.05) is 48.9 Å². The van der Waals surface area contributed by atoms with E-state index < -0.39 is 0 Å². The van der Waals surface area contributed by atoms with Crippen molar-refractivity contribution >= 4 is 11.6 Å². The fraction of sp³-hybridized carbons (Fsp3) is 0.500. The molecule has 0 radical (unpaired) electrons. The van der Waals surface area contributed by atoms with E-state index in [4.69, 9.17) is 0 Å². The maximum Gasteiger partial charge on any atom is 0.224 e. The number of aromatic nitrogens is 2. The number of anilines is 1. The van der Waals surface area contributed by atoms with Gasteiger partial charge in [-0.2, -0.15) is 5.10 Å². The zero-order valence-electron chi connectivity index (χ0n) is 15.1. The second-order valence-electron chi connectivity index (χ2n) is 6.36. The summed E-state index contributed by atoms with van der Waals surface area (Å²) in [5.41, 5.74) is 3.67. The zero-order valence-corrected chi connectivity index (χ0v) is 15.1. The molecule has 2 aromatic rings. The summed E-state index contributed by atoms with van der Waals surface area (Å²) in [6.45, 7) is 6.15. The summed E-state index contributed by atoms with van der Waals surface area (Å²) in [6, 6.07) is 9.99. The molecule has 1 amide bonds. The number of aryl methyl sites for hydroxylation is 1. The second-order valence-corrected chi connectivity index (χ2v) is 6.36. The molecule has 0 bridgehead atoms. The standard InChI is InChI=1S/C20H29N3O/c1-4-5-6-7-8-12-15-19(24)21-20-16(2)22-23(17(20)3)18-13-10-9-11-14-18/h9-11,13-14H,4-8,12,15H2,1-3H3,(H,21,24). The highest BCUT2D eigenvalue weighted by molar-refractivity contribution is 5.91. The zero-order chi connectivity index (χ0) is 17.4. The van der Waals surface area contributed by atoms with Gasteiger partial charge in [-0.05, 0) is 32.4 Å². The summed E-state index contributed by atoms with van der Waals surface area (Å²) >= 11 is 0. The van der Waals surface area contributed by atoms with Gasteiger partial charge in [-0.15, -0.1) is 0 Å². The number of amides is 1. The molecule has 1 aromatic carbocycles. The normalized spacial score (nSPS) is 10.8. The van der Waals surface area contributed by atoms with Gasteiger partial charge in [0, 0.05) is 6.42 Å². The molecule has 0 saturated carbocycles. The first-order chi connectivity index (χ1) is 11.6. The Labute approximate surface area is 145 Å². The summed E-state index contributed by atoms with van der Waals surface area (Å²) in [6.07, 6.45) is 7.73. The Hall–Kier alpha value is -2.10. The van der Waals surface area contributed by atoms with Crippen molar-refractivity contribution in [1.29, 1.82) is 0 Å². The Morgan fingerprint density at radius 1 is 1.04 bits per heavy atom. The third-order valence-electron chi connectivity index (χ3n) is 4.31. The van der Waals surface area contributed by atoms with E-state index in [1.165, 1.54) is 25.7 Å². The number of carbonyl (C=O) groups excluding carboxylic acids is 1. The van der Waals surface area contributed by atoms with Crippen LogP contribution >= 0.6 is 0 Å². The highest BCUT2D eigenvalue weighted by Crippen LogP contribution is 2.23. The first kappa shape index (κ1) is 18.2. The molecule has 1 aromatic heterocycles. The van der Waals surface area contributed by atoms with Gasteiger partial charge in [-0.25, -0.2) is 4.68 Å². The number of nitrogens with zero attached hydrogens (tertiary/aromatic N) is 2. The Kier molecular flexibility index (Phi) is 7.04. The average molecular weight is 327 g/mol. The summed E-state index contributed by atoms with van der Waals surface area (Å²) in [5, 5.41) is 7.61. The van der Waals surface area contributed by atoms with Crippen LogP contribution in [0.2, 0.25) is 0 Å². The van der Waals surface area contributed by atoms with Crippen LogP contribution in [0.4, 0.5) is 5.69 Å². The van der Waals surface area contributed by atoms with E-state index in [0.717, 1.165) is 35.6 Å². The molecule has 4 nitrogen and oxygen atoms in total. The first-order valence-corrected chi connectivity index (χ1v) is 9.05. The van der Waals surface area contributed by atoms with Gasteiger partial charge >= 0.3 is 0 Å². The Bertz CT molecular complexity index is 646. The Morgan fingerprint density at radius 3 is 2.42 bits per heavy atom. The van der Waals surface area contributed by atoms with Crippen molar-refractivity contribution in [1.82, 2.24) is 9.78 Å². The van der Waals surface area contributed by atoms with Gasteiger partial charge in [0.25, 0.3) is 0 Å². The van der Waals surface area contributed by atoms with E-state index in [1.54, 1.807) is 0 Å². The topological polar surface area (TPSA) is 46.9 Å². The minimum atomic E-state index is 0.0873. The van der Waals surface area contributed by atoms with Gasteiger partial charge < -0.3 is 5.32 Å². The van der Waals surface area contributed by atoms with E-state index in [2.05, 4.69) is 17.3 Å². The van der Waals surface area contributed by atoms with E-state index >= 15 is 0 Å². The number of rotatable bonds is 9. The second kappa shape index (κ2) is 9.26. The van der Waals surface area contributed by atoms with Crippen LogP contribution in [0.3, 0.4) is 0 Å². The number of para-hydroxylation sites is 1. The van der Waals surface area contributed by atoms with Crippen LogP contribution in [0.5, 0.6) is 0 Å². The smallest absolute Gasteiger partial charge is 0.224 e. The van der Waals surface area contributed by atoms with Crippen molar-refractivity contribution in [3.8, 4) is 5.69 Å². The molecular weight excluding hydrogens is 298 g/mol. The number of benzene rings is 1. The van der Waals surface area contributed by atoms with Gasteiger partial charge in [0.1, 0.15) is 0 Å². The minimum Gasteiger partial charge on any atom is -0.323 e. The van der Waals surface area contributed by atoms with Crippen LogP contribution < -0.4 is 5.32 Å². The summed E-state index contributed by atoms with van der Waals surface area (Å²) < 4.78 is 1.88. The van der Waals surface area contributed by atoms with Crippen LogP contribution in [0.1, 0.15) is 63.3 Å². The maximum atomic E-state index is 12.2. The molecule has 24 heavy (non-hydrogen) atoms. The number of hydrogen-bond donors (Lipinski definition) is 1. The summed E-state index contributed by atoms with van der Waals surface area (Å²) in [7, 11) is 0. The van der Waals surface area contributed by atoms with Crippen LogP contribution in [0.25, 0.3) is 5.69 Å². The first-order valence-electron chi connectivity index (χ1n) is 9.05. The third kappa shape index (κ3) is 4.95. The molecule has 0 aliphatic rings. The third-order valence-corrected chi connectivity index (χ3v) is 4.31. The lowest BCUT2D eigenvalue weighted by Crippen LogP contribution is -2.12. The largest absolute Gasteiger partial charge is 0.323 e. The average Bonchev–Trinajstić information content (AvgIpc) is 2.87.